The van der Waals surface area contributed by atoms with Crippen LogP contribution in [0.15, 0.2) is 82.2 Å². The zero-order valence-corrected chi connectivity index (χ0v) is 15.9. The van der Waals surface area contributed by atoms with Crippen LogP contribution in [0.5, 0.6) is 0 Å². The van der Waals surface area contributed by atoms with Crippen molar-refractivity contribution in [2.75, 3.05) is 4.72 Å². The average Bonchev–Trinajstić information content (AvgIpc) is 3.05. The van der Waals surface area contributed by atoms with Gasteiger partial charge in [-0.05, 0) is 46.3 Å². The third-order valence-electron chi connectivity index (χ3n) is 3.99. The molecule has 0 fully saturated rings. The topological polar surface area (TPSA) is 74.8 Å². The zero-order chi connectivity index (χ0) is 18.1. The van der Waals surface area contributed by atoms with E-state index in [-0.39, 0.29) is 4.90 Å². The van der Waals surface area contributed by atoms with Crippen molar-refractivity contribution in [2.45, 2.75) is 4.90 Å². The minimum absolute atomic E-state index is 0.190. The molecule has 0 spiro atoms. The fourth-order valence-corrected chi connectivity index (χ4v) is 4.82. The summed E-state index contributed by atoms with van der Waals surface area (Å²) in [5, 5.41) is 8.20. The highest BCUT2D eigenvalue weighted by molar-refractivity contribution is 9.10. The Labute approximate surface area is 159 Å². The molecule has 0 aliphatic carbocycles. The molecular formula is C19H14BrN3O2S. The van der Waals surface area contributed by atoms with Crippen LogP contribution in [0.1, 0.15) is 0 Å². The number of nitrogens with zero attached hydrogens (tertiary/aromatic N) is 1. The molecule has 0 radical (unpaired) electrons. The van der Waals surface area contributed by atoms with E-state index in [1.54, 1.807) is 36.4 Å². The number of fused-ring (bicyclic) bond motifs is 1. The summed E-state index contributed by atoms with van der Waals surface area (Å²) in [7, 11) is -3.70. The van der Waals surface area contributed by atoms with Gasteiger partial charge >= 0.3 is 0 Å². The van der Waals surface area contributed by atoms with Gasteiger partial charge in [0.15, 0.2) is 0 Å². The molecule has 0 bridgehead atoms. The molecule has 5 nitrogen and oxygen atoms in total. The molecule has 130 valence electrons. The Morgan fingerprint density at radius 2 is 1.65 bits per heavy atom. The molecule has 1 heterocycles. The highest BCUT2D eigenvalue weighted by atomic mass is 79.9. The number of sulfonamides is 1. The van der Waals surface area contributed by atoms with E-state index in [2.05, 4.69) is 30.8 Å². The first-order valence-corrected chi connectivity index (χ1v) is 10.1. The van der Waals surface area contributed by atoms with Crippen molar-refractivity contribution in [3.05, 3.63) is 77.3 Å². The number of aromatic amines is 1. The van der Waals surface area contributed by atoms with Crippen LogP contribution < -0.4 is 4.72 Å². The SMILES string of the molecule is O=S(=O)(Nc1ccc2[nH]nc(-c3ccccc3)c2c1)c1ccccc1Br. The summed E-state index contributed by atoms with van der Waals surface area (Å²) in [6, 6.07) is 21.8. The number of halogens is 1. The van der Waals surface area contributed by atoms with E-state index < -0.39 is 10.0 Å². The number of H-pyrrole nitrogens is 1. The number of hydrogen-bond donors (Lipinski definition) is 2. The van der Waals surface area contributed by atoms with Crippen LogP contribution in [-0.4, -0.2) is 18.6 Å². The molecule has 0 amide bonds. The molecular weight excluding hydrogens is 414 g/mol. The Morgan fingerprint density at radius 1 is 0.923 bits per heavy atom. The molecule has 26 heavy (non-hydrogen) atoms. The van der Waals surface area contributed by atoms with Gasteiger partial charge in [0, 0.05) is 21.1 Å². The predicted molar refractivity (Wildman–Crippen MR) is 106 cm³/mol. The molecule has 2 N–H and O–H groups in total. The van der Waals surface area contributed by atoms with Crippen molar-refractivity contribution < 1.29 is 8.42 Å². The molecule has 0 saturated heterocycles. The van der Waals surface area contributed by atoms with E-state index in [1.165, 1.54) is 0 Å². The Balaban J connectivity index is 1.75. The highest BCUT2D eigenvalue weighted by Gasteiger charge is 2.18. The molecule has 0 aliphatic heterocycles. The monoisotopic (exact) mass is 427 g/mol. The van der Waals surface area contributed by atoms with Crippen molar-refractivity contribution in [3.63, 3.8) is 0 Å². The highest BCUT2D eigenvalue weighted by Crippen LogP contribution is 2.30. The van der Waals surface area contributed by atoms with Gasteiger partial charge in [-0.2, -0.15) is 5.10 Å². The third kappa shape index (κ3) is 3.11. The standard InChI is InChI=1S/C19H14BrN3O2S/c20-16-8-4-5-9-18(16)26(24,25)23-14-10-11-17-15(12-14)19(22-21-17)13-6-2-1-3-7-13/h1-12,23H,(H,21,22). The molecule has 3 aromatic carbocycles. The summed E-state index contributed by atoms with van der Waals surface area (Å²) in [4.78, 5) is 0.190. The van der Waals surface area contributed by atoms with E-state index in [4.69, 9.17) is 0 Å². The Morgan fingerprint density at radius 3 is 2.42 bits per heavy atom. The van der Waals surface area contributed by atoms with Gasteiger partial charge < -0.3 is 0 Å². The summed E-state index contributed by atoms with van der Waals surface area (Å²) in [5.74, 6) is 0. The van der Waals surface area contributed by atoms with Crippen LogP contribution in [-0.2, 0) is 10.0 Å². The normalized spacial score (nSPS) is 11.6. The van der Waals surface area contributed by atoms with Crippen molar-refractivity contribution in [2.24, 2.45) is 0 Å². The number of anilines is 1. The first-order valence-electron chi connectivity index (χ1n) is 7.85. The van der Waals surface area contributed by atoms with Crippen molar-refractivity contribution in [1.82, 2.24) is 10.2 Å². The molecule has 4 aromatic rings. The number of benzene rings is 3. The zero-order valence-electron chi connectivity index (χ0n) is 13.5. The molecule has 0 unspecified atom stereocenters. The number of nitrogens with one attached hydrogen (secondary N) is 2. The van der Waals surface area contributed by atoms with E-state index in [0.717, 1.165) is 22.2 Å². The second kappa shape index (κ2) is 6.59. The molecule has 0 aliphatic rings. The molecule has 1 aromatic heterocycles. The Bertz CT molecular complexity index is 1190. The summed E-state index contributed by atoms with van der Waals surface area (Å²) in [6.45, 7) is 0. The van der Waals surface area contributed by atoms with Crippen LogP contribution in [0.25, 0.3) is 22.2 Å². The third-order valence-corrected chi connectivity index (χ3v) is 6.38. The van der Waals surface area contributed by atoms with E-state index >= 15 is 0 Å². The van der Waals surface area contributed by atoms with Crippen LogP contribution in [0, 0.1) is 0 Å². The van der Waals surface area contributed by atoms with Crippen LogP contribution in [0.2, 0.25) is 0 Å². The van der Waals surface area contributed by atoms with Gasteiger partial charge in [-0.15, -0.1) is 0 Å². The minimum atomic E-state index is -3.70. The Kier molecular flexibility index (Phi) is 4.26. The fourth-order valence-electron chi connectivity index (χ4n) is 2.77. The smallest absolute Gasteiger partial charge is 0.263 e. The maximum Gasteiger partial charge on any atom is 0.263 e. The van der Waals surface area contributed by atoms with Crippen molar-refractivity contribution >= 4 is 42.5 Å². The molecule has 0 saturated carbocycles. The van der Waals surface area contributed by atoms with Gasteiger partial charge in [0.1, 0.15) is 4.90 Å². The van der Waals surface area contributed by atoms with Crippen LogP contribution in [0.3, 0.4) is 0 Å². The summed E-state index contributed by atoms with van der Waals surface area (Å²) >= 11 is 3.29. The van der Waals surface area contributed by atoms with E-state index in [9.17, 15) is 8.42 Å². The van der Waals surface area contributed by atoms with Crippen LogP contribution in [0.4, 0.5) is 5.69 Å². The summed E-state index contributed by atoms with van der Waals surface area (Å²) in [6.07, 6.45) is 0. The van der Waals surface area contributed by atoms with Gasteiger partial charge in [0.2, 0.25) is 0 Å². The number of rotatable bonds is 4. The number of hydrogen-bond acceptors (Lipinski definition) is 3. The van der Waals surface area contributed by atoms with E-state index in [1.807, 2.05) is 36.4 Å². The lowest BCUT2D eigenvalue weighted by Crippen LogP contribution is -2.13. The van der Waals surface area contributed by atoms with Crippen LogP contribution >= 0.6 is 15.9 Å². The average molecular weight is 428 g/mol. The fraction of sp³-hybridized carbons (Fsp3) is 0. The molecule has 4 rings (SSSR count). The quantitative estimate of drug-likeness (QED) is 0.491. The maximum absolute atomic E-state index is 12.7. The van der Waals surface area contributed by atoms with Crippen molar-refractivity contribution in [1.29, 1.82) is 0 Å². The van der Waals surface area contributed by atoms with Crippen molar-refractivity contribution in [3.8, 4) is 11.3 Å². The largest absolute Gasteiger partial charge is 0.280 e. The summed E-state index contributed by atoms with van der Waals surface area (Å²) in [5.41, 5.74) is 3.06. The summed E-state index contributed by atoms with van der Waals surface area (Å²) < 4.78 is 28.5. The first-order chi connectivity index (χ1) is 12.5. The Hall–Kier alpha value is -2.64. The lowest BCUT2D eigenvalue weighted by atomic mass is 10.1. The van der Waals surface area contributed by atoms with Gasteiger partial charge in [0.05, 0.1) is 11.2 Å². The van der Waals surface area contributed by atoms with Gasteiger partial charge in [0.25, 0.3) is 10.0 Å². The number of aromatic nitrogens is 2. The molecule has 0 atom stereocenters. The second-order valence-electron chi connectivity index (χ2n) is 5.73. The lowest BCUT2D eigenvalue weighted by molar-refractivity contribution is 0.601. The lowest BCUT2D eigenvalue weighted by Gasteiger charge is -2.10. The van der Waals surface area contributed by atoms with Gasteiger partial charge in [-0.1, -0.05) is 42.5 Å². The predicted octanol–water partition coefficient (Wildman–Crippen LogP) is 4.79. The maximum atomic E-state index is 12.7. The first kappa shape index (κ1) is 16.8. The van der Waals surface area contributed by atoms with Gasteiger partial charge in [-0.25, -0.2) is 8.42 Å². The second-order valence-corrected chi connectivity index (χ2v) is 8.24. The van der Waals surface area contributed by atoms with E-state index in [0.29, 0.717) is 10.2 Å². The minimum Gasteiger partial charge on any atom is -0.280 e. The molecule has 7 heteroatoms. The van der Waals surface area contributed by atoms with Gasteiger partial charge in [-0.3, -0.25) is 9.82 Å².